The second-order valence-corrected chi connectivity index (χ2v) is 7.03. The zero-order valence-electron chi connectivity index (χ0n) is 13.8. The van der Waals surface area contributed by atoms with Crippen LogP contribution in [0, 0.1) is 17.8 Å². The van der Waals surface area contributed by atoms with E-state index in [4.69, 9.17) is 10.5 Å². The van der Waals surface area contributed by atoms with Crippen molar-refractivity contribution in [2.24, 2.45) is 23.5 Å². The molecule has 0 aliphatic heterocycles. The van der Waals surface area contributed by atoms with Crippen LogP contribution < -0.4 is 5.73 Å². The summed E-state index contributed by atoms with van der Waals surface area (Å²) in [5, 5.41) is 0. The molecular formula is C18H30N2O. The summed E-state index contributed by atoms with van der Waals surface area (Å²) in [4.78, 5) is 4.45. The summed E-state index contributed by atoms with van der Waals surface area (Å²) in [6.45, 7) is 8.95. The van der Waals surface area contributed by atoms with E-state index >= 15 is 0 Å². The second-order valence-electron chi connectivity index (χ2n) is 7.03. The smallest absolute Gasteiger partial charge is 0.115 e. The standard InChI is InChI=1S/C18H30N2O/c1-12(2)15-9-8-13(3)11-17(15)21-18(14(4)19)16-7-5-6-10-20-16/h5-7,10,12-15,17-18H,8-9,11,19H2,1-4H3. The van der Waals surface area contributed by atoms with Crippen LogP contribution in [0.15, 0.2) is 24.4 Å². The van der Waals surface area contributed by atoms with Crippen molar-refractivity contribution >= 4 is 0 Å². The van der Waals surface area contributed by atoms with E-state index in [0.717, 1.165) is 18.0 Å². The molecule has 3 heteroatoms. The Balaban J connectivity index is 2.14. The van der Waals surface area contributed by atoms with Crippen molar-refractivity contribution in [3.05, 3.63) is 30.1 Å². The van der Waals surface area contributed by atoms with Crippen molar-refractivity contribution in [1.29, 1.82) is 0 Å². The number of hydrogen-bond donors (Lipinski definition) is 1. The second kappa shape index (κ2) is 7.37. The Morgan fingerprint density at radius 2 is 2.00 bits per heavy atom. The molecule has 118 valence electrons. The number of ether oxygens (including phenoxy) is 1. The molecule has 1 fully saturated rings. The molecular weight excluding hydrogens is 260 g/mol. The fourth-order valence-electron chi connectivity index (χ4n) is 3.47. The Morgan fingerprint density at radius 1 is 1.24 bits per heavy atom. The van der Waals surface area contributed by atoms with Gasteiger partial charge in [0.25, 0.3) is 0 Å². The molecule has 5 unspecified atom stereocenters. The Kier molecular flexibility index (Phi) is 5.77. The first-order valence-corrected chi connectivity index (χ1v) is 8.31. The van der Waals surface area contributed by atoms with Gasteiger partial charge >= 0.3 is 0 Å². The number of nitrogens with two attached hydrogens (primary N) is 1. The Hall–Kier alpha value is -0.930. The molecule has 0 aromatic carbocycles. The fraction of sp³-hybridized carbons (Fsp3) is 0.722. The topological polar surface area (TPSA) is 48.1 Å². The number of nitrogens with zero attached hydrogens (tertiary/aromatic N) is 1. The average Bonchev–Trinajstić information content (AvgIpc) is 2.45. The third kappa shape index (κ3) is 4.27. The molecule has 1 aromatic rings. The van der Waals surface area contributed by atoms with Crippen molar-refractivity contribution in [2.45, 2.75) is 65.2 Å². The van der Waals surface area contributed by atoms with Crippen LogP contribution in [0.2, 0.25) is 0 Å². The van der Waals surface area contributed by atoms with Gasteiger partial charge in [-0.2, -0.15) is 0 Å². The summed E-state index contributed by atoms with van der Waals surface area (Å²) in [6.07, 6.45) is 5.72. The molecule has 0 bridgehead atoms. The fourth-order valence-corrected chi connectivity index (χ4v) is 3.47. The first kappa shape index (κ1) is 16.4. The Morgan fingerprint density at radius 3 is 2.57 bits per heavy atom. The van der Waals surface area contributed by atoms with Crippen LogP contribution in [0.25, 0.3) is 0 Å². The third-order valence-electron chi connectivity index (χ3n) is 4.74. The SMILES string of the molecule is CC1CCC(C(C)C)C(OC(c2ccccn2)C(C)N)C1. The number of hydrogen-bond acceptors (Lipinski definition) is 3. The quantitative estimate of drug-likeness (QED) is 0.893. The van der Waals surface area contributed by atoms with Gasteiger partial charge in [0, 0.05) is 12.2 Å². The molecule has 0 saturated heterocycles. The van der Waals surface area contributed by atoms with Gasteiger partial charge in [-0.3, -0.25) is 4.98 Å². The van der Waals surface area contributed by atoms with E-state index < -0.39 is 0 Å². The minimum atomic E-state index is -0.109. The predicted octanol–water partition coefficient (Wildman–Crippen LogP) is 3.95. The maximum atomic E-state index is 6.50. The van der Waals surface area contributed by atoms with Gasteiger partial charge < -0.3 is 10.5 Å². The first-order chi connectivity index (χ1) is 9.99. The largest absolute Gasteiger partial charge is 0.367 e. The molecule has 1 aliphatic carbocycles. The van der Waals surface area contributed by atoms with Gasteiger partial charge in [-0.15, -0.1) is 0 Å². The van der Waals surface area contributed by atoms with Gasteiger partial charge in [0.2, 0.25) is 0 Å². The average molecular weight is 290 g/mol. The summed E-state index contributed by atoms with van der Waals surface area (Å²) in [6, 6.07) is 5.90. The summed E-state index contributed by atoms with van der Waals surface area (Å²) in [7, 11) is 0. The summed E-state index contributed by atoms with van der Waals surface area (Å²) < 4.78 is 6.50. The zero-order chi connectivity index (χ0) is 15.4. The minimum absolute atomic E-state index is 0.0510. The lowest BCUT2D eigenvalue weighted by atomic mass is 9.75. The van der Waals surface area contributed by atoms with E-state index in [2.05, 4.69) is 25.8 Å². The van der Waals surface area contributed by atoms with Crippen molar-refractivity contribution in [2.75, 3.05) is 0 Å². The van der Waals surface area contributed by atoms with Gasteiger partial charge in [0.1, 0.15) is 6.10 Å². The van der Waals surface area contributed by atoms with Crippen molar-refractivity contribution in [3.8, 4) is 0 Å². The van der Waals surface area contributed by atoms with Crippen LogP contribution in [0.3, 0.4) is 0 Å². The molecule has 1 saturated carbocycles. The molecule has 0 spiro atoms. The van der Waals surface area contributed by atoms with E-state index in [0.29, 0.717) is 17.9 Å². The first-order valence-electron chi connectivity index (χ1n) is 8.31. The van der Waals surface area contributed by atoms with Crippen LogP contribution in [0.4, 0.5) is 0 Å². The number of aromatic nitrogens is 1. The van der Waals surface area contributed by atoms with Gasteiger partial charge in [-0.05, 0) is 49.7 Å². The lowest BCUT2D eigenvalue weighted by Crippen LogP contribution is -2.39. The molecule has 21 heavy (non-hydrogen) atoms. The van der Waals surface area contributed by atoms with Crippen LogP contribution >= 0.6 is 0 Å². The lowest BCUT2D eigenvalue weighted by molar-refractivity contribution is -0.0898. The van der Waals surface area contributed by atoms with Gasteiger partial charge in [-0.25, -0.2) is 0 Å². The third-order valence-corrected chi connectivity index (χ3v) is 4.74. The summed E-state index contributed by atoms with van der Waals surface area (Å²) >= 11 is 0. The van der Waals surface area contributed by atoms with Crippen LogP contribution in [0.1, 0.15) is 58.8 Å². The van der Waals surface area contributed by atoms with Crippen LogP contribution in [-0.2, 0) is 4.74 Å². The Bertz CT molecular complexity index is 418. The predicted molar refractivity (Wildman–Crippen MR) is 86.8 cm³/mol. The summed E-state index contributed by atoms with van der Waals surface area (Å²) in [5.41, 5.74) is 7.13. The Labute approximate surface area is 129 Å². The highest BCUT2D eigenvalue weighted by Gasteiger charge is 2.34. The van der Waals surface area contributed by atoms with E-state index in [1.807, 2.05) is 31.3 Å². The summed E-state index contributed by atoms with van der Waals surface area (Å²) in [5.74, 6) is 2.02. The lowest BCUT2D eigenvalue weighted by Gasteiger charge is -2.39. The zero-order valence-corrected chi connectivity index (χ0v) is 13.8. The van der Waals surface area contributed by atoms with Gasteiger partial charge in [0.05, 0.1) is 11.8 Å². The maximum absolute atomic E-state index is 6.50. The van der Waals surface area contributed by atoms with Crippen molar-refractivity contribution < 1.29 is 4.74 Å². The van der Waals surface area contributed by atoms with E-state index in [-0.39, 0.29) is 12.1 Å². The van der Waals surface area contributed by atoms with E-state index in [9.17, 15) is 0 Å². The molecule has 0 amide bonds. The van der Waals surface area contributed by atoms with Crippen molar-refractivity contribution in [3.63, 3.8) is 0 Å². The van der Waals surface area contributed by atoms with Gasteiger partial charge in [0.15, 0.2) is 0 Å². The molecule has 2 rings (SSSR count). The van der Waals surface area contributed by atoms with E-state index in [1.54, 1.807) is 0 Å². The molecule has 3 nitrogen and oxygen atoms in total. The molecule has 1 heterocycles. The maximum Gasteiger partial charge on any atom is 0.115 e. The number of rotatable bonds is 5. The normalized spacial score (nSPS) is 29.3. The highest BCUT2D eigenvalue weighted by atomic mass is 16.5. The highest BCUT2D eigenvalue weighted by molar-refractivity contribution is 5.09. The molecule has 2 N–H and O–H groups in total. The molecule has 1 aromatic heterocycles. The monoisotopic (exact) mass is 290 g/mol. The van der Waals surface area contributed by atoms with Gasteiger partial charge in [-0.1, -0.05) is 33.3 Å². The number of pyridine rings is 1. The molecule has 1 aliphatic rings. The van der Waals surface area contributed by atoms with Crippen LogP contribution in [-0.4, -0.2) is 17.1 Å². The highest BCUT2D eigenvalue weighted by Crippen LogP contribution is 2.38. The van der Waals surface area contributed by atoms with E-state index in [1.165, 1.54) is 12.8 Å². The van der Waals surface area contributed by atoms with Crippen LogP contribution in [0.5, 0.6) is 0 Å². The van der Waals surface area contributed by atoms with Crippen molar-refractivity contribution in [1.82, 2.24) is 4.98 Å². The minimum Gasteiger partial charge on any atom is -0.367 e. The molecule has 0 radical (unpaired) electrons. The molecule has 5 atom stereocenters.